The van der Waals surface area contributed by atoms with E-state index in [0.29, 0.717) is 27.9 Å². The van der Waals surface area contributed by atoms with Gasteiger partial charge in [-0.3, -0.25) is 0 Å². The summed E-state index contributed by atoms with van der Waals surface area (Å²) in [6, 6.07) is 57.9. The van der Waals surface area contributed by atoms with Crippen molar-refractivity contribution in [3.8, 4) is 51.2 Å². The molecule has 4 heteroatoms. The predicted molar refractivity (Wildman–Crippen MR) is 208 cm³/mol. The van der Waals surface area contributed by atoms with Crippen molar-refractivity contribution in [1.82, 2.24) is 4.57 Å². The number of rotatable bonds is 4. The van der Waals surface area contributed by atoms with Crippen LogP contribution >= 0.6 is 0 Å². The number of aromatic nitrogens is 1. The fourth-order valence-corrected chi connectivity index (χ4v) is 7.68. The second-order valence-electron chi connectivity index (χ2n) is 12.6. The van der Waals surface area contributed by atoms with Crippen LogP contribution in [0.1, 0.15) is 11.1 Å². The lowest BCUT2D eigenvalue weighted by Gasteiger charge is -2.18. The molecule has 0 aliphatic rings. The summed E-state index contributed by atoms with van der Waals surface area (Å²) in [5, 5.41) is 26.8. The lowest BCUT2D eigenvalue weighted by molar-refractivity contribution is 1.18. The van der Waals surface area contributed by atoms with E-state index in [1.54, 1.807) is 0 Å². The summed E-state index contributed by atoms with van der Waals surface area (Å²) in [7, 11) is 0. The summed E-state index contributed by atoms with van der Waals surface area (Å²) in [4.78, 5) is 3.89. The molecule has 0 spiro atoms. The average Bonchev–Trinajstić information content (AvgIpc) is 3.53. The minimum absolute atomic E-state index is 0.471. The van der Waals surface area contributed by atoms with Crippen LogP contribution in [0.4, 0.5) is 5.69 Å². The first kappa shape index (κ1) is 29.7. The van der Waals surface area contributed by atoms with Crippen LogP contribution in [-0.4, -0.2) is 4.57 Å². The van der Waals surface area contributed by atoms with Gasteiger partial charge >= 0.3 is 0 Å². The third kappa shape index (κ3) is 4.66. The maximum atomic E-state index is 10.7. The molecule has 51 heavy (non-hydrogen) atoms. The van der Waals surface area contributed by atoms with Gasteiger partial charge in [0.15, 0.2) is 5.69 Å². The Labute approximate surface area is 294 Å². The first-order valence-electron chi connectivity index (χ1n) is 16.7. The van der Waals surface area contributed by atoms with Gasteiger partial charge < -0.3 is 4.57 Å². The van der Waals surface area contributed by atoms with Gasteiger partial charge in [0.25, 0.3) is 0 Å². The monoisotopic (exact) mass is 646 g/mol. The molecule has 0 atom stereocenters. The lowest BCUT2D eigenvalue weighted by atomic mass is 9.85. The molecule has 1 aromatic heterocycles. The molecular formula is C47H26N4. The van der Waals surface area contributed by atoms with Gasteiger partial charge in [-0.2, -0.15) is 10.5 Å². The van der Waals surface area contributed by atoms with Crippen molar-refractivity contribution in [2.45, 2.75) is 0 Å². The molecule has 0 radical (unpaired) electrons. The SMILES string of the molecule is [C-]#[N+]c1ccc(-n2c3ccccc3c3cc(C#N)ccc32)cc1-c1ccc(-c2c3ccccc3c(-c3ccccc3)c3ccccc23)cc1C#N. The fraction of sp³-hybridized carbons (Fsp3) is 0. The summed E-state index contributed by atoms with van der Waals surface area (Å²) in [6.45, 7) is 8.07. The fourth-order valence-electron chi connectivity index (χ4n) is 7.68. The highest BCUT2D eigenvalue weighted by molar-refractivity contribution is 6.21. The summed E-state index contributed by atoms with van der Waals surface area (Å²) in [6.07, 6.45) is 0. The number of nitriles is 2. The molecule has 234 valence electrons. The zero-order chi connectivity index (χ0) is 34.5. The second-order valence-corrected chi connectivity index (χ2v) is 12.6. The Bertz CT molecular complexity index is 2940. The van der Waals surface area contributed by atoms with E-state index in [1.165, 1.54) is 5.56 Å². The van der Waals surface area contributed by atoms with Crippen LogP contribution in [0.5, 0.6) is 0 Å². The highest BCUT2D eigenvalue weighted by atomic mass is 15.0. The van der Waals surface area contributed by atoms with Crippen molar-refractivity contribution >= 4 is 49.0 Å². The smallest absolute Gasteiger partial charge is 0.195 e. The van der Waals surface area contributed by atoms with E-state index in [0.717, 1.165) is 65.7 Å². The van der Waals surface area contributed by atoms with Gasteiger partial charge in [-0.1, -0.05) is 115 Å². The molecule has 0 bridgehead atoms. The summed E-state index contributed by atoms with van der Waals surface area (Å²) in [5.74, 6) is 0. The largest absolute Gasteiger partial charge is 0.309 e. The number of fused-ring (bicyclic) bond motifs is 5. The van der Waals surface area contributed by atoms with Crippen molar-refractivity contribution in [2.24, 2.45) is 0 Å². The van der Waals surface area contributed by atoms with E-state index < -0.39 is 0 Å². The average molecular weight is 647 g/mol. The molecule has 0 aliphatic heterocycles. The van der Waals surface area contributed by atoms with Crippen molar-refractivity contribution in [3.63, 3.8) is 0 Å². The highest BCUT2D eigenvalue weighted by Gasteiger charge is 2.20. The van der Waals surface area contributed by atoms with Crippen molar-refractivity contribution in [3.05, 3.63) is 180 Å². The van der Waals surface area contributed by atoms with Crippen LogP contribution in [-0.2, 0) is 0 Å². The molecule has 0 amide bonds. The molecule has 0 saturated carbocycles. The van der Waals surface area contributed by atoms with Gasteiger partial charge in [-0.05, 0) is 97.4 Å². The molecule has 0 fully saturated rings. The Morgan fingerprint density at radius 1 is 0.471 bits per heavy atom. The zero-order valence-corrected chi connectivity index (χ0v) is 27.3. The van der Waals surface area contributed by atoms with Crippen LogP contribution in [0.25, 0.3) is 87.3 Å². The van der Waals surface area contributed by atoms with E-state index in [1.807, 2.05) is 66.7 Å². The lowest BCUT2D eigenvalue weighted by Crippen LogP contribution is -1.96. The minimum atomic E-state index is 0.471. The number of hydrogen-bond donors (Lipinski definition) is 0. The third-order valence-corrected chi connectivity index (χ3v) is 9.87. The van der Waals surface area contributed by atoms with E-state index in [4.69, 9.17) is 6.57 Å². The molecule has 0 aliphatic carbocycles. The first-order valence-corrected chi connectivity index (χ1v) is 16.7. The van der Waals surface area contributed by atoms with Crippen LogP contribution in [0.2, 0.25) is 0 Å². The molecule has 9 aromatic rings. The number of hydrogen-bond acceptors (Lipinski definition) is 2. The Kier molecular flexibility index (Phi) is 6.93. The maximum absolute atomic E-state index is 10.7. The molecule has 0 N–H and O–H groups in total. The van der Waals surface area contributed by atoms with Crippen LogP contribution < -0.4 is 0 Å². The first-order chi connectivity index (χ1) is 25.2. The molecule has 8 aromatic carbocycles. The normalized spacial score (nSPS) is 11.1. The predicted octanol–water partition coefficient (Wildman–Crippen LogP) is 12.4. The van der Waals surface area contributed by atoms with Crippen molar-refractivity contribution in [1.29, 1.82) is 10.5 Å². The Morgan fingerprint density at radius 3 is 1.73 bits per heavy atom. The minimum Gasteiger partial charge on any atom is -0.309 e. The molecule has 9 rings (SSSR count). The van der Waals surface area contributed by atoms with Gasteiger partial charge in [0.1, 0.15) is 0 Å². The summed E-state index contributed by atoms with van der Waals surface area (Å²) >= 11 is 0. The van der Waals surface area contributed by atoms with Gasteiger partial charge in [-0.15, -0.1) is 0 Å². The zero-order valence-electron chi connectivity index (χ0n) is 27.3. The molecular weight excluding hydrogens is 621 g/mol. The van der Waals surface area contributed by atoms with E-state index in [-0.39, 0.29) is 0 Å². The van der Waals surface area contributed by atoms with Crippen LogP contribution in [0, 0.1) is 29.2 Å². The molecule has 4 nitrogen and oxygen atoms in total. The second kappa shape index (κ2) is 11.9. The Balaban J connectivity index is 1.26. The number of para-hydroxylation sites is 1. The summed E-state index contributed by atoms with van der Waals surface area (Å²) < 4.78 is 2.16. The Morgan fingerprint density at radius 2 is 1.08 bits per heavy atom. The maximum Gasteiger partial charge on any atom is 0.195 e. The van der Waals surface area contributed by atoms with E-state index in [2.05, 4.69) is 113 Å². The van der Waals surface area contributed by atoms with Gasteiger partial charge in [0.2, 0.25) is 0 Å². The topological polar surface area (TPSA) is 56.9 Å². The number of nitrogens with zero attached hydrogens (tertiary/aromatic N) is 4. The third-order valence-electron chi connectivity index (χ3n) is 9.87. The van der Waals surface area contributed by atoms with Crippen molar-refractivity contribution in [2.75, 3.05) is 0 Å². The molecule has 1 heterocycles. The standard InChI is InChI=1S/C47H26N4/c1-50-43-23-21-34(51-44-18-10-9-13-36(44)42-25-30(28-48)19-24-45(42)51)27-41(43)35-22-20-32(26-33(35)29-49)47-39-16-7-5-14-37(39)46(31-11-3-2-4-12-31)38-15-6-8-17-40(38)47/h2-27H. The Hall–Kier alpha value is -7.45. The summed E-state index contributed by atoms with van der Waals surface area (Å²) in [5.41, 5.74) is 10.2. The molecule has 0 unspecified atom stereocenters. The quantitative estimate of drug-likeness (QED) is 0.141. The molecule has 0 saturated heterocycles. The van der Waals surface area contributed by atoms with E-state index >= 15 is 0 Å². The highest BCUT2D eigenvalue weighted by Crippen LogP contribution is 2.45. The number of benzene rings is 8. The van der Waals surface area contributed by atoms with Crippen LogP contribution in [0.3, 0.4) is 0 Å². The van der Waals surface area contributed by atoms with Gasteiger partial charge in [0.05, 0.1) is 40.9 Å². The van der Waals surface area contributed by atoms with Crippen molar-refractivity contribution < 1.29 is 0 Å². The van der Waals surface area contributed by atoms with E-state index in [9.17, 15) is 10.5 Å². The van der Waals surface area contributed by atoms with Gasteiger partial charge in [-0.25, -0.2) is 4.85 Å². The van der Waals surface area contributed by atoms with Crippen LogP contribution in [0.15, 0.2) is 158 Å². The van der Waals surface area contributed by atoms with Gasteiger partial charge in [0, 0.05) is 16.5 Å².